The van der Waals surface area contributed by atoms with Crippen LogP contribution in [0.25, 0.3) is 0 Å². The SMILES string of the molecule is CC(CNCC(O)COC1CCCCC1)N1CCCC1. The van der Waals surface area contributed by atoms with Gasteiger partial charge in [-0.15, -0.1) is 0 Å². The summed E-state index contributed by atoms with van der Waals surface area (Å²) in [7, 11) is 0. The molecule has 2 fully saturated rings. The number of aliphatic hydroxyl groups is 1. The summed E-state index contributed by atoms with van der Waals surface area (Å²) in [5.74, 6) is 0. The first kappa shape index (κ1) is 16.2. The summed E-state index contributed by atoms with van der Waals surface area (Å²) in [6.45, 7) is 6.82. The zero-order valence-electron chi connectivity index (χ0n) is 13.0. The van der Waals surface area contributed by atoms with Gasteiger partial charge in [0.1, 0.15) is 0 Å². The lowest BCUT2D eigenvalue weighted by Crippen LogP contribution is -2.41. The van der Waals surface area contributed by atoms with E-state index in [1.807, 2.05) is 0 Å². The number of ether oxygens (including phenoxy) is 1. The van der Waals surface area contributed by atoms with E-state index >= 15 is 0 Å². The molecule has 2 atom stereocenters. The lowest BCUT2D eigenvalue weighted by Gasteiger charge is -2.25. The first-order valence-electron chi connectivity index (χ1n) is 8.50. The highest BCUT2D eigenvalue weighted by Gasteiger charge is 2.18. The van der Waals surface area contributed by atoms with E-state index in [0.29, 0.717) is 25.3 Å². The zero-order valence-corrected chi connectivity index (χ0v) is 13.0. The molecule has 1 saturated carbocycles. The highest BCUT2D eigenvalue weighted by atomic mass is 16.5. The van der Waals surface area contributed by atoms with Gasteiger partial charge in [0, 0.05) is 19.1 Å². The summed E-state index contributed by atoms with van der Waals surface area (Å²) in [5.41, 5.74) is 0. The Kier molecular flexibility index (Phi) is 7.28. The Labute approximate surface area is 123 Å². The summed E-state index contributed by atoms with van der Waals surface area (Å²) in [5, 5.41) is 13.3. The van der Waals surface area contributed by atoms with Crippen molar-refractivity contribution in [2.45, 2.75) is 70.1 Å². The molecule has 4 nitrogen and oxygen atoms in total. The van der Waals surface area contributed by atoms with E-state index in [0.717, 1.165) is 6.54 Å². The lowest BCUT2D eigenvalue weighted by molar-refractivity contribution is -0.0231. The van der Waals surface area contributed by atoms with Crippen molar-refractivity contribution >= 4 is 0 Å². The second kappa shape index (κ2) is 8.98. The fraction of sp³-hybridized carbons (Fsp3) is 1.00. The van der Waals surface area contributed by atoms with Gasteiger partial charge in [0.25, 0.3) is 0 Å². The average Bonchev–Trinajstić information content (AvgIpc) is 3.00. The maximum atomic E-state index is 9.96. The molecule has 0 bridgehead atoms. The molecule has 4 heteroatoms. The predicted octanol–water partition coefficient (Wildman–Crippen LogP) is 1.77. The maximum Gasteiger partial charge on any atom is 0.0897 e. The highest BCUT2D eigenvalue weighted by Crippen LogP contribution is 2.20. The van der Waals surface area contributed by atoms with Crippen molar-refractivity contribution in [1.29, 1.82) is 0 Å². The van der Waals surface area contributed by atoms with Crippen LogP contribution in [0.5, 0.6) is 0 Å². The van der Waals surface area contributed by atoms with Crippen LogP contribution in [0.4, 0.5) is 0 Å². The van der Waals surface area contributed by atoms with Gasteiger partial charge >= 0.3 is 0 Å². The minimum atomic E-state index is -0.372. The van der Waals surface area contributed by atoms with Gasteiger partial charge in [-0.25, -0.2) is 0 Å². The van der Waals surface area contributed by atoms with Gasteiger partial charge in [0.2, 0.25) is 0 Å². The Hall–Kier alpha value is -0.160. The van der Waals surface area contributed by atoms with Gasteiger partial charge in [0.05, 0.1) is 18.8 Å². The minimum Gasteiger partial charge on any atom is -0.389 e. The molecule has 1 heterocycles. The highest BCUT2D eigenvalue weighted by molar-refractivity contribution is 4.75. The molecular formula is C16H32N2O2. The van der Waals surface area contributed by atoms with Gasteiger partial charge in [0.15, 0.2) is 0 Å². The Bertz CT molecular complexity index is 251. The van der Waals surface area contributed by atoms with Crippen molar-refractivity contribution in [3.63, 3.8) is 0 Å². The number of hydrogen-bond donors (Lipinski definition) is 2. The monoisotopic (exact) mass is 284 g/mol. The van der Waals surface area contributed by atoms with Crippen LogP contribution in [0.1, 0.15) is 51.9 Å². The van der Waals surface area contributed by atoms with E-state index in [2.05, 4.69) is 17.1 Å². The lowest BCUT2D eigenvalue weighted by atomic mass is 9.98. The summed E-state index contributed by atoms with van der Waals surface area (Å²) in [6.07, 6.45) is 8.95. The van der Waals surface area contributed by atoms with E-state index in [9.17, 15) is 5.11 Å². The number of rotatable bonds is 8. The second-order valence-corrected chi connectivity index (χ2v) is 6.50. The Morgan fingerprint density at radius 1 is 1.10 bits per heavy atom. The third-order valence-corrected chi connectivity index (χ3v) is 4.66. The number of aliphatic hydroxyl groups excluding tert-OH is 1. The summed E-state index contributed by atoms with van der Waals surface area (Å²) in [4.78, 5) is 2.53. The third-order valence-electron chi connectivity index (χ3n) is 4.66. The van der Waals surface area contributed by atoms with E-state index in [-0.39, 0.29) is 6.10 Å². The van der Waals surface area contributed by atoms with Crippen LogP contribution in [-0.2, 0) is 4.74 Å². The molecule has 20 heavy (non-hydrogen) atoms. The van der Waals surface area contributed by atoms with Crippen molar-refractivity contribution in [2.24, 2.45) is 0 Å². The molecule has 2 unspecified atom stereocenters. The average molecular weight is 284 g/mol. The minimum absolute atomic E-state index is 0.372. The first-order valence-corrected chi connectivity index (χ1v) is 8.50. The van der Waals surface area contributed by atoms with Gasteiger partial charge in [-0.3, -0.25) is 4.90 Å². The van der Waals surface area contributed by atoms with Gasteiger partial charge < -0.3 is 15.2 Å². The molecule has 1 aliphatic carbocycles. The van der Waals surface area contributed by atoms with Crippen LogP contribution in [0, 0.1) is 0 Å². The van der Waals surface area contributed by atoms with Gasteiger partial charge in [-0.05, 0) is 45.7 Å². The smallest absolute Gasteiger partial charge is 0.0897 e. The second-order valence-electron chi connectivity index (χ2n) is 6.50. The van der Waals surface area contributed by atoms with Crippen molar-refractivity contribution < 1.29 is 9.84 Å². The molecule has 118 valence electrons. The molecule has 0 aromatic carbocycles. The number of nitrogens with zero attached hydrogens (tertiary/aromatic N) is 1. The third kappa shape index (κ3) is 5.68. The van der Waals surface area contributed by atoms with Crippen LogP contribution in [0.2, 0.25) is 0 Å². The van der Waals surface area contributed by atoms with Crippen molar-refractivity contribution in [2.75, 3.05) is 32.8 Å². The number of nitrogens with one attached hydrogen (secondary N) is 1. The zero-order chi connectivity index (χ0) is 14.2. The van der Waals surface area contributed by atoms with Crippen molar-refractivity contribution in [1.82, 2.24) is 10.2 Å². The van der Waals surface area contributed by atoms with E-state index in [1.54, 1.807) is 0 Å². The molecule has 0 spiro atoms. The van der Waals surface area contributed by atoms with Crippen LogP contribution >= 0.6 is 0 Å². The Morgan fingerprint density at radius 2 is 1.80 bits per heavy atom. The molecule has 0 amide bonds. The van der Waals surface area contributed by atoms with Crippen LogP contribution in [0.15, 0.2) is 0 Å². The molecular weight excluding hydrogens is 252 g/mol. The van der Waals surface area contributed by atoms with E-state index < -0.39 is 0 Å². The van der Waals surface area contributed by atoms with Crippen LogP contribution in [-0.4, -0.2) is 61.0 Å². The largest absolute Gasteiger partial charge is 0.389 e. The molecule has 1 aliphatic heterocycles. The Morgan fingerprint density at radius 3 is 2.50 bits per heavy atom. The Balaban J connectivity index is 1.49. The quantitative estimate of drug-likeness (QED) is 0.713. The molecule has 2 rings (SSSR count). The molecule has 1 saturated heterocycles. The molecule has 2 N–H and O–H groups in total. The fourth-order valence-electron chi connectivity index (χ4n) is 3.31. The van der Waals surface area contributed by atoms with Gasteiger partial charge in [-0.1, -0.05) is 19.3 Å². The normalized spacial score (nSPS) is 24.9. The summed E-state index contributed by atoms with van der Waals surface area (Å²) in [6, 6.07) is 0.573. The molecule has 0 radical (unpaired) electrons. The predicted molar refractivity (Wildman–Crippen MR) is 82.0 cm³/mol. The van der Waals surface area contributed by atoms with E-state index in [4.69, 9.17) is 4.74 Å². The number of likely N-dealkylation sites (tertiary alicyclic amines) is 1. The van der Waals surface area contributed by atoms with Crippen LogP contribution < -0.4 is 5.32 Å². The topological polar surface area (TPSA) is 44.7 Å². The summed E-state index contributed by atoms with van der Waals surface area (Å²) < 4.78 is 5.80. The van der Waals surface area contributed by atoms with Crippen molar-refractivity contribution in [3.05, 3.63) is 0 Å². The fourth-order valence-corrected chi connectivity index (χ4v) is 3.31. The maximum absolute atomic E-state index is 9.96. The number of hydrogen-bond acceptors (Lipinski definition) is 4. The van der Waals surface area contributed by atoms with Crippen molar-refractivity contribution in [3.8, 4) is 0 Å². The first-order chi connectivity index (χ1) is 9.75. The molecule has 0 aromatic heterocycles. The molecule has 2 aliphatic rings. The summed E-state index contributed by atoms with van der Waals surface area (Å²) >= 11 is 0. The van der Waals surface area contributed by atoms with E-state index in [1.165, 1.54) is 58.0 Å². The standard InChI is InChI=1S/C16H32N2O2/c1-14(18-9-5-6-10-18)11-17-12-15(19)13-20-16-7-3-2-4-8-16/h14-17,19H,2-13H2,1H3. The van der Waals surface area contributed by atoms with Crippen LogP contribution in [0.3, 0.4) is 0 Å². The van der Waals surface area contributed by atoms with Gasteiger partial charge in [-0.2, -0.15) is 0 Å². The molecule has 0 aromatic rings.